The van der Waals surface area contributed by atoms with Crippen molar-refractivity contribution in [1.29, 1.82) is 0 Å². The lowest BCUT2D eigenvalue weighted by molar-refractivity contribution is 0.0731. The topological polar surface area (TPSA) is 15.3 Å². The highest BCUT2D eigenvalue weighted by atomic mass is 15.3. The third-order valence-corrected chi connectivity index (χ3v) is 4.38. The maximum Gasteiger partial charge on any atom is 0.0196 e. The molecule has 2 aliphatic rings. The quantitative estimate of drug-likeness (QED) is 0.752. The number of hydrogen-bond acceptors (Lipinski definition) is 2. The molecule has 1 saturated heterocycles. The molecular formula is C13H26N2. The first-order chi connectivity index (χ1) is 7.22. The first-order valence-corrected chi connectivity index (χ1v) is 6.71. The highest BCUT2D eigenvalue weighted by molar-refractivity contribution is 4.91. The standard InChI is InChI=1S/C13H26N2/c1-4-12-6-5-7-13(12)15-9-10(2)14-8-11(15)3/h10-14H,4-9H2,1-3H3. The molecule has 2 rings (SSSR count). The monoisotopic (exact) mass is 210 g/mol. The minimum absolute atomic E-state index is 0.680. The zero-order valence-electron chi connectivity index (χ0n) is 10.5. The SMILES string of the molecule is CCC1CCCC1N1CC(C)NCC1C. The van der Waals surface area contributed by atoms with E-state index in [1.807, 2.05) is 0 Å². The van der Waals surface area contributed by atoms with E-state index in [1.165, 1.54) is 38.8 Å². The van der Waals surface area contributed by atoms with Crippen molar-refractivity contribution in [2.45, 2.75) is 64.6 Å². The second-order valence-electron chi connectivity index (χ2n) is 5.52. The summed E-state index contributed by atoms with van der Waals surface area (Å²) in [6.45, 7) is 9.48. The lowest BCUT2D eigenvalue weighted by atomic mass is 9.96. The Balaban J connectivity index is 2.00. The van der Waals surface area contributed by atoms with E-state index in [2.05, 4.69) is 31.0 Å². The van der Waals surface area contributed by atoms with E-state index in [0.717, 1.165) is 18.0 Å². The summed E-state index contributed by atoms with van der Waals surface area (Å²) in [7, 11) is 0. The van der Waals surface area contributed by atoms with Gasteiger partial charge in [-0.15, -0.1) is 0 Å². The van der Waals surface area contributed by atoms with Crippen LogP contribution in [0.25, 0.3) is 0 Å². The van der Waals surface area contributed by atoms with Crippen molar-refractivity contribution in [2.75, 3.05) is 13.1 Å². The summed E-state index contributed by atoms with van der Waals surface area (Å²) in [5.41, 5.74) is 0. The van der Waals surface area contributed by atoms with Crippen LogP contribution in [0.4, 0.5) is 0 Å². The van der Waals surface area contributed by atoms with Crippen LogP contribution in [-0.4, -0.2) is 36.1 Å². The average Bonchev–Trinajstić information content (AvgIpc) is 2.69. The summed E-state index contributed by atoms with van der Waals surface area (Å²) in [5, 5.41) is 3.58. The Morgan fingerprint density at radius 3 is 2.80 bits per heavy atom. The van der Waals surface area contributed by atoms with E-state index >= 15 is 0 Å². The minimum Gasteiger partial charge on any atom is -0.311 e. The van der Waals surface area contributed by atoms with Gasteiger partial charge in [0.2, 0.25) is 0 Å². The smallest absolute Gasteiger partial charge is 0.0196 e. The number of rotatable bonds is 2. The van der Waals surface area contributed by atoms with Crippen LogP contribution in [0.3, 0.4) is 0 Å². The van der Waals surface area contributed by atoms with Crippen LogP contribution in [0.2, 0.25) is 0 Å². The molecule has 0 aromatic rings. The molecule has 1 saturated carbocycles. The zero-order valence-corrected chi connectivity index (χ0v) is 10.5. The van der Waals surface area contributed by atoms with Crippen LogP contribution < -0.4 is 5.32 Å². The number of hydrogen-bond donors (Lipinski definition) is 1. The van der Waals surface area contributed by atoms with Gasteiger partial charge in [0.05, 0.1) is 0 Å². The predicted molar refractivity (Wildman–Crippen MR) is 65.1 cm³/mol. The Bertz CT molecular complexity index is 205. The summed E-state index contributed by atoms with van der Waals surface area (Å²) in [6, 6.07) is 2.30. The number of nitrogens with one attached hydrogen (secondary N) is 1. The van der Waals surface area contributed by atoms with Gasteiger partial charge in [0.15, 0.2) is 0 Å². The van der Waals surface area contributed by atoms with E-state index < -0.39 is 0 Å². The first-order valence-electron chi connectivity index (χ1n) is 6.71. The number of nitrogens with zero attached hydrogens (tertiary/aromatic N) is 1. The second kappa shape index (κ2) is 4.84. The molecule has 88 valence electrons. The molecule has 0 aromatic carbocycles. The third kappa shape index (κ3) is 2.36. The normalized spacial score (nSPS) is 43.4. The Morgan fingerprint density at radius 2 is 2.07 bits per heavy atom. The molecule has 1 aliphatic heterocycles. The van der Waals surface area contributed by atoms with Gasteiger partial charge in [-0.25, -0.2) is 0 Å². The fourth-order valence-electron chi connectivity index (χ4n) is 3.44. The lowest BCUT2D eigenvalue weighted by Gasteiger charge is -2.43. The van der Waals surface area contributed by atoms with Crippen molar-refractivity contribution >= 4 is 0 Å². The summed E-state index contributed by atoms with van der Waals surface area (Å²) >= 11 is 0. The highest BCUT2D eigenvalue weighted by Gasteiger charge is 2.35. The molecule has 0 radical (unpaired) electrons. The molecule has 1 heterocycles. The van der Waals surface area contributed by atoms with Gasteiger partial charge < -0.3 is 5.32 Å². The van der Waals surface area contributed by atoms with E-state index in [0.29, 0.717) is 6.04 Å². The fourth-order valence-corrected chi connectivity index (χ4v) is 3.44. The fraction of sp³-hybridized carbons (Fsp3) is 1.00. The van der Waals surface area contributed by atoms with E-state index in [-0.39, 0.29) is 0 Å². The van der Waals surface area contributed by atoms with Crippen molar-refractivity contribution in [3.8, 4) is 0 Å². The summed E-state index contributed by atoms with van der Waals surface area (Å²) in [6.07, 6.45) is 5.73. The highest BCUT2D eigenvalue weighted by Crippen LogP contribution is 2.33. The third-order valence-electron chi connectivity index (χ3n) is 4.38. The van der Waals surface area contributed by atoms with Crippen LogP contribution in [0.5, 0.6) is 0 Å². The first kappa shape index (κ1) is 11.4. The van der Waals surface area contributed by atoms with Gasteiger partial charge in [0, 0.05) is 31.2 Å². The van der Waals surface area contributed by atoms with Crippen molar-refractivity contribution in [2.24, 2.45) is 5.92 Å². The van der Waals surface area contributed by atoms with Crippen molar-refractivity contribution < 1.29 is 0 Å². The van der Waals surface area contributed by atoms with Gasteiger partial charge in [0.1, 0.15) is 0 Å². The number of piperazine rings is 1. The maximum absolute atomic E-state index is 3.58. The Morgan fingerprint density at radius 1 is 1.27 bits per heavy atom. The molecule has 15 heavy (non-hydrogen) atoms. The van der Waals surface area contributed by atoms with Gasteiger partial charge in [-0.1, -0.05) is 19.8 Å². The van der Waals surface area contributed by atoms with Gasteiger partial charge >= 0.3 is 0 Å². The molecule has 1 N–H and O–H groups in total. The largest absolute Gasteiger partial charge is 0.311 e. The van der Waals surface area contributed by atoms with Gasteiger partial charge in [0.25, 0.3) is 0 Å². The van der Waals surface area contributed by atoms with Gasteiger partial charge in [-0.2, -0.15) is 0 Å². The minimum atomic E-state index is 0.680. The Labute approximate surface area is 94.4 Å². The molecule has 1 aliphatic carbocycles. The second-order valence-corrected chi connectivity index (χ2v) is 5.52. The molecule has 2 nitrogen and oxygen atoms in total. The lowest BCUT2D eigenvalue weighted by Crippen LogP contribution is -2.58. The van der Waals surface area contributed by atoms with Crippen LogP contribution in [0, 0.1) is 5.92 Å². The molecule has 0 aromatic heterocycles. The molecule has 2 fully saturated rings. The molecular weight excluding hydrogens is 184 g/mol. The Kier molecular flexibility index (Phi) is 3.68. The Hall–Kier alpha value is -0.0800. The molecule has 4 unspecified atom stereocenters. The zero-order chi connectivity index (χ0) is 10.8. The van der Waals surface area contributed by atoms with E-state index in [4.69, 9.17) is 0 Å². The maximum atomic E-state index is 3.58. The molecule has 0 amide bonds. The average molecular weight is 210 g/mol. The van der Waals surface area contributed by atoms with Crippen molar-refractivity contribution in [3.63, 3.8) is 0 Å². The molecule has 0 spiro atoms. The van der Waals surface area contributed by atoms with Crippen LogP contribution in [0.1, 0.15) is 46.5 Å². The van der Waals surface area contributed by atoms with Gasteiger partial charge in [-0.05, 0) is 32.6 Å². The van der Waals surface area contributed by atoms with Crippen LogP contribution in [-0.2, 0) is 0 Å². The van der Waals surface area contributed by atoms with E-state index in [1.54, 1.807) is 0 Å². The summed E-state index contributed by atoms with van der Waals surface area (Å²) < 4.78 is 0. The molecule has 2 heteroatoms. The van der Waals surface area contributed by atoms with Crippen molar-refractivity contribution in [3.05, 3.63) is 0 Å². The van der Waals surface area contributed by atoms with Crippen LogP contribution >= 0.6 is 0 Å². The molecule has 4 atom stereocenters. The molecule has 0 bridgehead atoms. The predicted octanol–water partition coefficient (Wildman–Crippen LogP) is 2.25. The van der Waals surface area contributed by atoms with E-state index in [9.17, 15) is 0 Å². The van der Waals surface area contributed by atoms with Gasteiger partial charge in [-0.3, -0.25) is 4.90 Å². The van der Waals surface area contributed by atoms with Crippen molar-refractivity contribution in [1.82, 2.24) is 10.2 Å². The van der Waals surface area contributed by atoms with Crippen LogP contribution in [0.15, 0.2) is 0 Å². The summed E-state index contributed by atoms with van der Waals surface area (Å²) in [4.78, 5) is 2.78. The summed E-state index contributed by atoms with van der Waals surface area (Å²) in [5.74, 6) is 0.970.